The molecule has 1 saturated carbocycles. The van der Waals surface area contributed by atoms with Gasteiger partial charge in [-0.05, 0) is 50.7 Å². The molecule has 3 aliphatic rings. The quantitative estimate of drug-likeness (QED) is 0.704. The topological polar surface area (TPSA) is 78.5 Å². The van der Waals surface area contributed by atoms with Gasteiger partial charge in [-0.1, -0.05) is 44.9 Å². The van der Waals surface area contributed by atoms with Gasteiger partial charge in [0.1, 0.15) is 17.5 Å². The Balaban J connectivity index is 1.54. The number of rotatable bonds is 6. The van der Waals surface area contributed by atoms with Crippen molar-refractivity contribution in [1.29, 1.82) is 0 Å². The van der Waals surface area contributed by atoms with Gasteiger partial charge in [0.25, 0.3) is 5.91 Å². The summed E-state index contributed by atoms with van der Waals surface area (Å²) in [5.74, 6) is -0.191. The van der Waals surface area contributed by atoms with Gasteiger partial charge >= 0.3 is 0 Å². The summed E-state index contributed by atoms with van der Waals surface area (Å²) < 4.78 is -0.456. The summed E-state index contributed by atoms with van der Waals surface area (Å²) in [4.78, 5) is 41.4. The van der Waals surface area contributed by atoms with E-state index in [4.69, 9.17) is 0 Å². The molecule has 2 N–H and O–H groups in total. The number of amides is 3. The maximum absolute atomic E-state index is 13.5. The van der Waals surface area contributed by atoms with Crippen molar-refractivity contribution in [2.75, 3.05) is 0 Å². The molecule has 7 heteroatoms. The van der Waals surface area contributed by atoms with Gasteiger partial charge in [0.15, 0.2) is 0 Å². The van der Waals surface area contributed by atoms with Crippen LogP contribution in [0.25, 0.3) is 0 Å². The number of nitrogens with one attached hydrogen (secondary N) is 2. The van der Waals surface area contributed by atoms with E-state index in [1.165, 1.54) is 0 Å². The number of carbonyl (C=O) groups is 3. The summed E-state index contributed by atoms with van der Waals surface area (Å²) in [6.07, 6.45) is 4.85. The molecule has 0 bridgehead atoms. The second kappa shape index (κ2) is 8.49. The van der Waals surface area contributed by atoms with Crippen LogP contribution in [0, 0.1) is 5.92 Å². The molecule has 4 rings (SSSR count). The molecule has 168 valence electrons. The lowest BCUT2D eigenvalue weighted by atomic mass is 9.98. The zero-order valence-electron chi connectivity index (χ0n) is 18.8. The van der Waals surface area contributed by atoms with Crippen molar-refractivity contribution < 1.29 is 14.4 Å². The van der Waals surface area contributed by atoms with E-state index in [1.807, 2.05) is 52.0 Å². The average molecular weight is 444 g/mol. The van der Waals surface area contributed by atoms with Crippen LogP contribution < -0.4 is 10.6 Å². The highest BCUT2D eigenvalue weighted by molar-refractivity contribution is 8.01. The van der Waals surface area contributed by atoms with Gasteiger partial charge in [-0.3, -0.25) is 14.4 Å². The zero-order valence-corrected chi connectivity index (χ0v) is 19.6. The summed E-state index contributed by atoms with van der Waals surface area (Å²) in [7, 11) is 0. The van der Waals surface area contributed by atoms with Gasteiger partial charge in [0, 0.05) is 16.4 Å². The van der Waals surface area contributed by atoms with Gasteiger partial charge in [-0.15, -0.1) is 11.8 Å². The molecular formula is C24H33N3O3S. The summed E-state index contributed by atoms with van der Waals surface area (Å²) >= 11 is 1.64. The molecule has 3 atom stereocenters. The molecule has 2 heterocycles. The molecule has 3 amide bonds. The number of hydrogen-bond acceptors (Lipinski definition) is 4. The predicted octanol–water partition coefficient (Wildman–Crippen LogP) is 3.62. The van der Waals surface area contributed by atoms with E-state index in [1.54, 1.807) is 16.7 Å². The smallest absolute Gasteiger partial charge is 0.256 e. The van der Waals surface area contributed by atoms with E-state index in [9.17, 15) is 14.4 Å². The third-order valence-electron chi connectivity index (χ3n) is 6.59. The Kier molecular flexibility index (Phi) is 6.08. The third-order valence-corrected chi connectivity index (χ3v) is 8.12. The molecule has 6 nitrogen and oxygen atoms in total. The Morgan fingerprint density at radius 2 is 1.87 bits per heavy atom. The highest BCUT2D eigenvalue weighted by Crippen LogP contribution is 2.56. The van der Waals surface area contributed by atoms with E-state index in [0.29, 0.717) is 12.0 Å². The van der Waals surface area contributed by atoms with Crippen LogP contribution in [-0.4, -0.2) is 45.5 Å². The second-order valence-corrected chi connectivity index (χ2v) is 11.7. The normalized spacial score (nSPS) is 25.5. The summed E-state index contributed by atoms with van der Waals surface area (Å²) in [5.41, 5.74) is 1.64. The Bertz CT molecular complexity index is 879. The predicted molar refractivity (Wildman–Crippen MR) is 123 cm³/mol. The Morgan fingerprint density at radius 1 is 1.19 bits per heavy atom. The van der Waals surface area contributed by atoms with Gasteiger partial charge in [-0.25, -0.2) is 0 Å². The molecule has 2 aliphatic heterocycles. The van der Waals surface area contributed by atoms with E-state index in [0.717, 1.165) is 31.2 Å². The van der Waals surface area contributed by atoms with Crippen LogP contribution in [0.5, 0.6) is 0 Å². The van der Waals surface area contributed by atoms with E-state index < -0.39 is 16.8 Å². The first-order valence-electron chi connectivity index (χ1n) is 11.4. The summed E-state index contributed by atoms with van der Waals surface area (Å²) in [6.45, 7) is 8.11. The Labute approximate surface area is 188 Å². The number of benzene rings is 1. The number of nitrogens with zero attached hydrogens (tertiary/aromatic N) is 1. The van der Waals surface area contributed by atoms with Crippen LogP contribution in [0.3, 0.4) is 0 Å². The number of hydrogen-bond donors (Lipinski definition) is 2. The maximum atomic E-state index is 13.5. The standard InChI is InChI=1S/C24H33N3O3S/c1-14(2)13-18(20(28)25-15-9-5-6-10-15)26-21(29)19-24(3,4)31-23-17-12-8-7-11-16(17)22(30)27(19)23/h7-8,11-12,14-15,18-19,23H,5-6,9-10,13H2,1-4H3,(H,25,28)(H,26,29)/t18-,19+,23+/m0/s1. The van der Waals surface area contributed by atoms with Crippen LogP contribution in [0.4, 0.5) is 0 Å². The first-order valence-corrected chi connectivity index (χ1v) is 12.3. The van der Waals surface area contributed by atoms with Crippen molar-refractivity contribution in [3.63, 3.8) is 0 Å². The number of thioether (sulfide) groups is 1. The van der Waals surface area contributed by atoms with E-state index in [-0.39, 0.29) is 35.1 Å². The van der Waals surface area contributed by atoms with Crippen molar-refractivity contribution in [2.24, 2.45) is 5.92 Å². The average Bonchev–Trinajstić information content (AvgIpc) is 3.37. The lowest BCUT2D eigenvalue weighted by Crippen LogP contribution is -2.57. The summed E-state index contributed by atoms with van der Waals surface area (Å²) in [5, 5.41) is 5.99. The maximum Gasteiger partial charge on any atom is 0.256 e. The lowest BCUT2D eigenvalue weighted by Gasteiger charge is -2.31. The van der Waals surface area contributed by atoms with Crippen LogP contribution in [0.2, 0.25) is 0 Å². The largest absolute Gasteiger partial charge is 0.352 e. The first kappa shape index (κ1) is 22.2. The van der Waals surface area contributed by atoms with Crippen molar-refractivity contribution in [2.45, 2.75) is 88.0 Å². The molecule has 31 heavy (non-hydrogen) atoms. The van der Waals surface area contributed by atoms with Gasteiger partial charge in [0.05, 0.1) is 0 Å². The van der Waals surface area contributed by atoms with Crippen LogP contribution >= 0.6 is 11.8 Å². The van der Waals surface area contributed by atoms with Crippen LogP contribution in [0.1, 0.15) is 81.1 Å². The fraction of sp³-hybridized carbons (Fsp3) is 0.625. The Hall–Kier alpha value is -2.02. The molecule has 0 unspecified atom stereocenters. The summed E-state index contributed by atoms with van der Waals surface area (Å²) in [6, 6.07) is 6.58. The van der Waals surface area contributed by atoms with Crippen molar-refractivity contribution in [3.05, 3.63) is 35.4 Å². The molecule has 1 aromatic rings. The fourth-order valence-corrected chi connectivity index (χ4v) is 6.72. The van der Waals surface area contributed by atoms with Crippen molar-refractivity contribution >= 4 is 29.5 Å². The zero-order chi connectivity index (χ0) is 22.3. The van der Waals surface area contributed by atoms with Crippen molar-refractivity contribution in [3.8, 4) is 0 Å². The SMILES string of the molecule is CC(C)C[C@H](NC(=O)[C@H]1N2C(=O)c3ccccc3[C@H]2SC1(C)C)C(=O)NC1CCCC1. The third kappa shape index (κ3) is 4.21. The Morgan fingerprint density at radius 3 is 2.55 bits per heavy atom. The molecule has 2 fully saturated rings. The minimum Gasteiger partial charge on any atom is -0.352 e. The van der Waals surface area contributed by atoms with Gasteiger partial charge in [0.2, 0.25) is 11.8 Å². The van der Waals surface area contributed by atoms with Crippen LogP contribution in [-0.2, 0) is 9.59 Å². The minimum absolute atomic E-state index is 0.102. The number of fused-ring (bicyclic) bond motifs is 3. The first-order chi connectivity index (χ1) is 14.7. The molecule has 0 aromatic heterocycles. The van der Waals surface area contributed by atoms with Crippen molar-refractivity contribution in [1.82, 2.24) is 15.5 Å². The highest BCUT2D eigenvalue weighted by atomic mass is 32.2. The molecule has 1 saturated heterocycles. The van der Waals surface area contributed by atoms with E-state index in [2.05, 4.69) is 10.6 Å². The van der Waals surface area contributed by atoms with Crippen LogP contribution in [0.15, 0.2) is 24.3 Å². The molecule has 1 aromatic carbocycles. The molecule has 1 aliphatic carbocycles. The number of carbonyl (C=O) groups excluding carboxylic acids is 3. The van der Waals surface area contributed by atoms with Gasteiger partial charge < -0.3 is 15.5 Å². The minimum atomic E-state index is -0.628. The highest BCUT2D eigenvalue weighted by Gasteiger charge is 2.57. The van der Waals surface area contributed by atoms with Gasteiger partial charge in [-0.2, -0.15) is 0 Å². The van der Waals surface area contributed by atoms with E-state index >= 15 is 0 Å². The molecule has 0 spiro atoms. The lowest BCUT2D eigenvalue weighted by molar-refractivity contribution is -0.132. The molecule has 0 radical (unpaired) electrons. The molecular weight excluding hydrogens is 410 g/mol. The second-order valence-electron chi connectivity index (χ2n) is 9.96. The fourth-order valence-electron chi connectivity index (χ4n) is 5.13. The monoisotopic (exact) mass is 443 g/mol.